The summed E-state index contributed by atoms with van der Waals surface area (Å²) in [5, 5.41) is 20.4. The van der Waals surface area contributed by atoms with Gasteiger partial charge in [-0.2, -0.15) is 0 Å². The summed E-state index contributed by atoms with van der Waals surface area (Å²) in [5.74, 6) is -5.21. The fourth-order valence-corrected chi connectivity index (χ4v) is 3.69. The molecule has 2 rings (SSSR count). The van der Waals surface area contributed by atoms with Crippen LogP contribution in [0.4, 0.5) is 0 Å². The molecule has 0 unspecified atom stereocenters. The third kappa shape index (κ3) is 6.18. The SMILES string of the molecule is C=C1C(=O)O[C@@H]2/C=C(\C)CC/C=C(/C(=O)OC)[C@H](OC(=O)C(C)C)[C@@H](OC(=O)[C@@](C)(O)[C@H](C)O)[C@@H]12. The minimum absolute atomic E-state index is 0.0658. The normalized spacial score (nSPS) is 30.4. The monoisotopic (exact) mass is 494 g/mol. The first kappa shape index (κ1) is 28.3. The van der Waals surface area contributed by atoms with Crippen LogP contribution in [0.2, 0.25) is 0 Å². The standard InChI is InChI=1S/C25H34O10/c1-12(2)21(27)34-19-16(23(29)32-7)10-8-9-13(3)11-17-18(14(4)22(28)33-17)20(19)35-24(30)25(6,31)15(5)26/h10-12,15,17-20,26,31H,4,8-9H2,1-3,5-7H3/b13-11+,16-10+/t15-,17+,18-,19-,20-,25-/m0/s1. The Balaban J connectivity index is 2.75. The highest BCUT2D eigenvalue weighted by Crippen LogP contribution is 2.38. The molecule has 6 atom stereocenters. The van der Waals surface area contributed by atoms with Gasteiger partial charge in [0.15, 0.2) is 17.8 Å². The molecule has 10 heteroatoms. The summed E-state index contributed by atoms with van der Waals surface area (Å²) >= 11 is 0. The second-order valence-corrected chi connectivity index (χ2v) is 9.33. The van der Waals surface area contributed by atoms with Crippen LogP contribution in [0.15, 0.2) is 35.5 Å². The van der Waals surface area contributed by atoms with Gasteiger partial charge in [0, 0.05) is 5.57 Å². The zero-order chi connectivity index (χ0) is 26.7. The molecule has 0 radical (unpaired) electrons. The lowest BCUT2D eigenvalue weighted by Crippen LogP contribution is -2.52. The Labute approximate surface area is 204 Å². The van der Waals surface area contributed by atoms with Crippen LogP contribution in [0.25, 0.3) is 0 Å². The van der Waals surface area contributed by atoms with Crippen LogP contribution in [0.1, 0.15) is 47.5 Å². The molecule has 1 fully saturated rings. The molecule has 1 saturated heterocycles. The van der Waals surface area contributed by atoms with Gasteiger partial charge in [-0.3, -0.25) is 4.79 Å². The third-order valence-corrected chi connectivity index (χ3v) is 6.18. The maximum Gasteiger partial charge on any atom is 0.341 e. The van der Waals surface area contributed by atoms with Gasteiger partial charge >= 0.3 is 23.9 Å². The number of carbonyl (C=O) groups excluding carboxylic acids is 4. The van der Waals surface area contributed by atoms with Crippen molar-refractivity contribution in [1.29, 1.82) is 0 Å². The van der Waals surface area contributed by atoms with E-state index in [1.807, 2.05) is 6.92 Å². The lowest BCUT2D eigenvalue weighted by Gasteiger charge is -2.36. The van der Waals surface area contributed by atoms with Gasteiger partial charge in [-0.15, -0.1) is 0 Å². The number of methoxy groups -OCH3 is 1. The first-order valence-electron chi connectivity index (χ1n) is 11.4. The molecule has 0 aromatic carbocycles. The number of allylic oxidation sites excluding steroid dienone is 2. The number of esters is 4. The molecule has 35 heavy (non-hydrogen) atoms. The number of aliphatic hydroxyl groups excluding tert-OH is 1. The lowest BCUT2D eigenvalue weighted by molar-refractivity contribution is -0.192. The molecule has 1 aliphatic heterocycles. The number of carbonyl (C=O) groups is 4. The van der Waals surface area contributed by atoms with Gasteiger partial charge in [0.05, 0.1) is 30.6 Å². The number of rotatable bonds is 6. The fourth-order valence-electron chi connectivity index (χ4n) is 3.69. The molecule has 194 valence electrons. The Morgan fingerprint density at radius 2 is 1.86 bits per heavy atom. The van der Waals surface area contributed by atoms with Crippen LogP contribution in [-0.2, 0) is 38.1 Å². The molecular formula is C25H34O10. The highest BCUT2D eigenvalue weighted by atomic mass is 16.6. The average Bonchev–Trinajstić information content (AvgIpc) is 3.05. The Kier molecular flexibility index (Phi) is 9.02. The summed E-state index contributed by atoms with van der Waals surface area (Å²) in [6.07, 6.45) is -1.45. The first-order valence-corrected chi connectivity index (χ1v) is 11.4. The summed E-state index contributed by atoms with van der Waals surface area (Å²) in [6, 6.07) is 0. The number of ether oxygens (including phenoxy) is 4. The molecule has 0 saturated carbocycles. The average molecular weight is 495 g/mol. The predicted molar refractivity (Wildman–Crippen MR) is 123 cm³/mol. The topological polar surface area (TPSA) is 146 Å². The number of fused-ring (bicyclic) bond motifs is 1. The van der Waals surface area contributed by atoms with Crippen molar-refractivity contribution in [2.75, 3.05) is 7.11 Å². The Hall–Kier alpha value is -2.98. The lowest BCUT2D eigenvalue weighted by atomic mass is 9.83. The Morgan fingerprint density at radius 3 is 2.40 bits per heavy atom. The van der Waals surface area contributed by atoms with E-state index in [4.69, 9.17) is 18.9 Å². The van der Waals surface area contributed by atoms with Crippen molar-refractivity contribution in [3.63, 3.8) is 0 Å². The van der Waals surface area contributed by atoms with E-state index in [1.165, 1.54) is 13.0 Å². The zero-order valence-corrected chi connectivity index (χ0v) is 20.9. The van der Waals surface area contributed by atoms with E-state index in [-0.39, 0.29) is 11.1 Å². The molecule has 1 heterocycles. The van der Waals surface area contributed by atoms with Crippen LogP contribution in [-0.4, -0.2) is 71.2 Å². The van der Waals surface area contributed by atoms with Crippen LogP contribution < -0.4 is 0 Å². The quantitative estimate of drug-likeness (QED) is 0.241. The maximum absolute atomic E-state index is 13.0. The summed E-state index contributed by atoms with van der Waals surface area (Å²) in [4.78, 5) is 51.0. The van der Waals surface area contributed by atoms with E-state index in [1.54, 1.807) is 19.9 Å². The fraction of sp³-hybridized carbons (Fsp3) is 0.600. The molecule has 0 aromatic rings. The molecule has 0 aromatic heterocycles. The van der Waals surface area contributed by atoms with Gasteiger partial charge in [0.2, 0.25) is 0 Å². The zero-order valence-electron chi connectivity index (χ0n) is 20.9. The molecular weight excluding hydrogens is 460 g/mol. The summed E-state index contributed by atoms with van der Waals surface area (Å²) < 4.78 is 21.7. The highest BCUT2D eigenvalue weighted by molar-refractivity contribution is 5.93. The van der Waals surface area contributed by atoms with Crippen molar-refractivity contribution in [2.45, 2.75) is 77.5 Å². The molecule has 10 nitrogen and oxygen atoms in total. The largest absolute Gasteiger partial charge is 0.466 e. The van der Waals surface area contributed by atoms with E-state index < -0.39 is 65.7 Å². The van der Waals surface area contributed by atoms with Gasteiger partial charge in [0.25, 0.3) is 0 Å². The van der Waals surface area contributed by atoms with Gasteiger partial charge in [-0.1, -0.05) is 32.1 Å². The van der Waals surface area contributed by atoms with Crippen LogP contribution >= 0.6 is 0 Å². The van der Waals surface area contributed by atoms with Crippen molar-refractivity contribution < 1.29 is 48.3 Å². The Bertz CT molecular complexity index is 940. The molecule has 0 amide bonds. The number of aliphatic hydroxyl groups is 2. The van der Waals surface area contributed by atoms with Crippen molar-refractivity contribution in [3.05, 3.63) is 35.5 Å². The third-order valence-electron chi connectivity index (χ3n) is 6.18. The molecule has 0 bridgehead atoms. The first-order chi connectivity index (χ1) is 16.2. The molecule has 1 aliphatic carbocycles. The van der Waals surface area contributed by atoms with Crippen molar-refractivity contribution in [2.24, 2.45) is 11.8 Å². The Morgan fingerprint density at radius 1 is 1.23 bits per heavy atom. The van der Waals surface area contributed by atoms with E-state index >= 15 is 0 Å². The van der Waals surface area contributed by atoms with Gasteiger partial charge in [-0.25, -0.2) is 14.4 Å². The maximum atomic E-state index is 13.0. The molecule has 2 aliphatic rings. The van der Waals surface area contributed by atoms with E-state index in [9.17, 15) is 29.4 Å². The van der Waals surface area contributed by atoms with Gasteiger partial charge in [0.1, 0.15) is 6.10 Å². The second kappa shape index (κ2) is 11.2. The van der Waals surface area contributed by atoms with E-state index in [0.29, 0.717) is 12.8 Å². The van der Waals surface area contributed by atoms with Crippen LogP contribution in [0, 0.1) is 11.8 Å². The minimum Gasteiger partial charge on any atom is -0.466 e. The predicted octanol–water partition coefficient (Wildman–Crippen LogP) is 1.54. The summed E-state index contributed by atoms with van der Waals surface area (Å²) in [7, 11) is 1.15. The van der Waals surface area contributed by atoms with Crippen molar-refractivity contribution in [3.8, 4) is 0 Å². The van der Waals surface area contributed by atoms with Gasteiger partial charge in [-0.05, 0) is 39.7 Å². The second-order valence-electron chi connectivity index (χ2n) is 9.33. The molecule has 0 spiro atoms. The molecule has 2 N–H and O–H groups in total. The van der Waals surface area contributed by atoms with Crippen LogP contribution in [0.3, 0.4) is 0 Å². The minimum atomic E-state index is -2.34. The summed E-state index contributed by atoms with van der Waals surface area (Å²) in [6.45, 7) is 11.0. The summed E-state index contributed by atoms with van der Waals surface area (Å²) in [5.41, 5.74) is -1.68. The van der Waals surface area contributed by atoms with Crippen molar-refractivity contribution >= 4 is 23.9 Å². The smallest absolute Gasteiger partial charge is 0.341 e. The van der Waals surface area contributed by atoms with Gasteiger partial charge < -0.3 is 29.2 Å². The number of hydrogen-bond donors (Lipinski definition) is 2. The van der Waals surface area contributed by atoms with Crippen molar-refractivity contribution in [1.82, 2.24) is 0 Å². The number of hydrogen-bond acceptors (Lipinski definition) is 10. The highest BCUT2D eigenvalue weighted by Gasteiger charge is 2.52. The van der Waals surface area contributed by atoms with E-state index in [2.05, 4.69) is 6.58 Å². The van der Waals surface area contributed by atoms with Crippen LogP contribution in [0.5, 0.6) is 0 Å². The van der Waals surface area contributed by atoms with E-state index in [0.717, 1.165) is 19.6 Å².